The van der Waals surface area contributed by atoms with Gasteiger partial charge in [-0.3, -0.25) is 14.5 Å². The third-order valence-corrected chi connectivity index (χ3v) is 6.72. The van der Waals surface area contributed by atoms with E-state index < -0.39 is 17.8 Å². The number of halogens is 3. The Kier molecular flexibility index (Phi) is 6.89. The first-order valence-corrected chi connectivity index (χ1v) is 11.5. The number of aromatic amines is 1. The van der Waals surface area contributed by atoms with Gasteiger partial charge in [0.05, 0.1) is 18.2 Å². The Bertz CT molecular complexity index is 1230. The molecule has 3 aromatic rings. The van der Waals surface area contributed by atoms with E-state index in [1.54, 1.807) is 4.90 Å². The van der Waals surface area contributed by atoms with E-state index in [0.717, 1.165) is 34.3 Å². The Labute approximate surface area is 202 Å². The zero-order chi connectivity index (χ0) is 25.3. The molecule has 4 rings (SSSR count). The minimum absolute atomic E-state index is 0.144. The van der Waals surface area contributed by atoms with E-state index in [-0.39, 0.29) is 18.4 Å². The molecule has 6 nitrogen and oxygen atoms in total. The van der Waals surface area contributed by atoms with Crippen molar-refractivity contribution in [3.8, 4) is 0 Å². The number of hydrogen-bond acceptors (Lipinski definition) is 3. The molecular weight excluding hydrogens is 457 g/mol. The molecule has 2 heterocycles. The molecule has 2 N–H and O–H groups in total. The molecule has 0 unspecified atom stereocenters. The van der Waals surface area contributed by atoms with Crippen LogP contribution >= 0.6 is 0 Å². The van der Waals surface area contributed by atoms with Gasteiger partial charge in [-0.2, -0.15) is 13.2 Å². The van der Waals surface area contributed by atoms with Gasteiger partial charge in [0.2, 0.25) is 11.8 Å². The minimum Gasteiger partial charge on any atom is -0.358 e. The van der Waals surface area contributed by atoms with E-state index in [2.05, 4.69) is 23.3 Å². The van der Waals surface area contributed by atoms with Crippen LogP contribution in [0.15, 0.2) is 42.5 Å². The fraction of sp³-hybridized carbons (Fsp3) is 0.385. The number of amides is 2. The Morgan fingerprint density at radius 2 is 1.80 bits per heavy atom. The van der Waals surface area contributed by atoms with Gasteiger partial charge in [0.15, 0.2) is 0 Å². The number of nitrogens with zero attached hydrogens (tertiary/aromatic N) is 2. The summed E-state index contributed by atoms with van der Waals surface area (Å²) in [6.45, 7) is 7.36. The number of fused-ring (bicyclic) bond motifs is 1. The number of rotatable bonds is 5. The van der Waals surface area contributed by atoms with Gasteiger partial charge in [-0.1, -0.05) is 18.2 Å². The number of H-pyrrole nitrogens is 1. The van der Waals surface area contributed by atoms with Crippen LogP contribution in [0.5, 0.6) is 0 Å². The summed E-state index contributed by atoms with van der Waals surface area (Å²) >= 11 is 0. The van der Waals surface area contributed by atoms with Gasteiger partial charge in [0, 0.05) is 49.7 Å². The van der Waals surface area contributed by atoms with Crippen molar-refractivity contribution in [1.82, 2.24) is 20.1 Å². The summed E-state index contributed by atoms with van der Waals surface area (Å²) < 4.78 is 38.8. The van der Waals surface area contributed by atoms with E-state index >= 15 is 0 Å². The number of piperazine rings is 1. The fourth-order valence-electron chi connectivity index (χ4n) is 4.62. The number of carbonyl (C=O) groups excluding carboxylic acids is 2. The van der Waals surface area contributed by atoms with Crippen LogP contribution in [0.1, 0.15) is 40.9 Å². The average molecular weight is 487 g/mol. The standard InChI is InChI=1S/C26H29F3N4O2/c1-16-17(2)31-23-9-4-19(12-22(16)23)13-30-25(35)15-32-10-11-33(18(3)34)24(14-32)20-5-7-21(8-6-20)26(27,28)29/h4-9,12,24,31H,10-11,13-15H2,1-3H3,(H,30,35)/t24-/m0/s1. The number of aryl methyl sites for hydroxylation is 2. The lowest BCUT2D eigenvalue weighted by atomic mass is 10.0. The first-order valence-electron chi connectivity index (χ1n) is 11.5. The molecule has 1 aliphatic rings. The van der Waals surface area contributed by atoms with Crippen LogP contribution in [0, 0.1) is 13.8 Å². The largest absolute Gasteiger partial charge is 0.416 e. The van der Waals surface area contributed by atoms with Crippen LogP contribution in [0.2, 0.25) is 0 Å². The molecule has 1 aliphatic heterocycles. The molecule has 35 heavy (non-hydrogen) atoms. The van der Waals surface area contributed by atoms with Crippen LogP contribution < -0.4 is 5.32 Å². The molecule has 0 radical (unpaired) electrons. The second kappa shape index (κ2) is 9.73. The summed E-state index contributed by atoms with van der Waals surface area (Å²) in [7, 11) is 0. The van der Waals surface area contributed by atoms with Crippen LogP contribution in [0.25, 0.3) is 10.9 Å². The summed E-state index contributed by atoms with van der Waals surface area (Å²) in [4.78, 5) is 31.7. The fourth-order valence-corrected chi connectivity index (χ4v) is 4.62. The highest BCUT2D eigenvalue weighted by atomic mass is 19.4. The highest BCUT2D eigenvalue weighted by molar-refractivity contribution is 5.85. The van der Waals surface area contributed by atoms with E-state index in [1.807, 2.05) is 24.0 Å². The van der Waals surface area contributed by atoms with Crippen LogP contribution in [-0.4, -0.2) is 52.8 Å². The van der Waals surface area contributed by atoms with Crippen LogP contribution in [0.4, 0.5) is 13.2 Å². The normalized spacial score (nSPS) is 17.1. The SMILES string of the molecule is CC(=O)N1CCN(CC(=O)NCc2ccc3[nH]c(C)c(C)c3c2)C[C@H]1c1ccc(C(F)(F)F)cc1. The molecule has 1 saturated heterocycles. The summed E-state index contributed by atoms with van der Waals surface area (Å²) in [5.74, 6) is -0.292. The van der Waals surface area contributed by atoms with Crippen molar-refractivity contribution in [1.29, 1.82) is 0 Å². The predicted octanol–water partition coefficient (Wildman–Crippen LogP) is 4.33. The number of carbonyl (C=O) groups is 2. The topological polar surface area (TPSA) is 68.4 Å². The van der Waals surface area contributed by atoms with Crippen molar-refractivity contribution in [2.24, 2.45) is 0 Å². The Morgan fingerprint density at radius 1 is 1.09 bits per heavy atom. The van der Waals surface area contributed by atoms with Crippen LogP contribution in [0.3, 0.4) is 0 Å². The Balaban J connectivity index is 1.39. The van der Waals surface area contributed by atoms with Gasteiger partial charge in [0.1, 0.15) is 0 Å². The van der Waals surface area contributed by atoms with Crippen molar-refractivity contribution < 1.29 is 22.8 Å². The van der Waals surface area contributed by atoms with Gasteiger partial charge in [-0.05, 0) is 54.8 Å². The van der Waals surface area contributed by atoms with E-state index in [9.17, 15) is 22.8 Å². The van der Waals surface area contributed by atoms with E-state index in [1.165, 1.54) is 24.6 Å². The molecule has 1 fully saturated rings. The third-order valence-electron chi connectivity index (χ3n) is 6.72. The molecule has 9 heteroatoms. The first-order chi connectivity index (χ1) is 16.5. The monoisotopic (exact) mass is 486 g/mol. The lowest BCUT2D eigenvalue weighted by Gasteiger charge is -2.41. The van der Waals surface area contributed by atoms with E-state index in [0.29, 0.717) is 31.7 Å². The quantitative estimate of drug-likeness (QED) is 0.564. The van der Waals surface area contributed by atoms with E-state index in [4.69, 9.17) is 0 Å². The summed E-state index contributed by atoms with van der Waals surface area (Å²) in [6, 6.07) is 10.5. The highest BCUT2D eigenvalue weighted by Gasteiger charge is 2.33. The third kappa shape index (κ3) is 5.51. The maximum absolute atomic E-state index is 12.9. The second-order valence-electron chi connectivity index (χ2n) is 9.11. The molecule has 0 spiro atoms. The van der Waals surface area contributed by atoms with Crippen molar-refractivity contribution >= 4 is 22.7 Å². The summed E-state index contributed by atoms with van der Waals surface area (Å²) in [6.07, 6.45) is -4.42. The van der Waals surface area contributed by atoms with Crippen molar-refractivity contribution in [3.05, 3.63) is 70.4 Å². The van der Waals surface area contributed by atoms with Gasteiger partial charge in [-0.15, -0.1) is 0 Å². The predicted molar refractivity (Wildman–Crippen MR) is 128 cm³/mol. The van der Waals surface area contributed by atoms with Crippen molar-refractivity contribution in [2.45, 2.75) is 39.5 Å². The molecule has 0 aliphatic carbocycles. The maximum atomic E-state index is 12.9. The molecule has 2 amide bonds. The van der Waals surface area contributed by atoms with Crippen molar-refractivity contribution in [2.75, 3.05) is 26.2 Å². The average Bonchev–Trinajstić information content (AvgIpc) is 3.10. The number of benzene rings is 2. The lowest BCUT2D eigenvalue weighted by molar-refractivity contribution is -0.138. The summed E-state index contributed by atoms with van der Waals surface area (Å²) in [5.41, 5.74) is 4.25. The second-order valence-corrected chi connectivity index (χ2v) is 9.11. The van der Waals surface area contributed by atoms with Crippen molar-refractivity contribution in [3.63, 3.8) is 0 Å². The number of hydrogen-bond donors (Lipinski definition) is 2. The lowest BCUT2D eigenvalue weighted by Crippen LogP contribution is -2.52. The smallest absolute Gasteiger partial charge is 0.358 e. The number of aromatic nitrogens is 1. The first kappa shape index (κ1) is 24.8. The molecule has 2 aromatic carbocycles. The molecule has 0 saturated carbocycles. The van der Waals surface area contributed by atoms with Gasteiger partial charge >= 0.3 is 6.18 Å². The molecular formula is C26H29F3N4O2. The number of alkyl halides is 3. The molecule has 1 aromatic heterocycles. The minimum atomic E-state index is -4.42. The Morgan fingerprint density at radius 3 is 2.46 bits per heavy atom. The Hall–Kier alpha value is -3.33. The van der Waals surface area contributed by atoms with Gasteiger partial charge in [0.25, 0.3) is 0 Å². The zero-order valence-electron chi connectivity index (χ0n) is 20.0. The highest BCUT2D eigenvalue weighted by Crippen LogP contribution is 2.32. The zero-order valence-corrected chi connectivity index (χ0v) is 20.0. The number of nitrogens with one attached hydrogen (secondary N) is 2. The molecule has 0 bridgehead atoms. The van der Waals surface area contributed by atoms with Gasteiger partial charge in [-0.25, -0.2) is 0 Å². The van der Waals surface area contributed by atoms with Crippen LogP contribution in [-0.2, 0) is 22.3 Å². The molecule has 1 atom stereocenters. The summed E-state index contributed by atoms with van der Waals surface area (Å²) in [5, 5.41) is 4.09. The maximum Gasteiger partial charge on any atom is 0.416 e. The molecule has 186 valence electrons. The van der Waals surface area contributed by atoms with Gasteiger partial charge < -0.3 is 15.2 Å².